The van der Waals surface area contributed by atoms with Crippen LogP contribution in [0.1, 0.15) is 31.2 Å². The zero-order valence-corrected chi connectivity index (χ0v) is 10.8. The molecule has 2 nitrogen and oxygen atoms in total. The third kappa shape index (κ3) is 2.89. The predicted octanol–water partition coefficient (Wildman–Crippen LogP) is 3.40. The van der Waals surface area contributed by atoms with Crippen LogP contribution in [0.25, 0.3) is 0 Å². The molecule has 2 unspecified atom stereocenters. The van der Waals surface area contributed by atoms with Crippen LogP contribution in [-0.2, 0) is 4.74 Å². The first-order valence-corrected chi connectivity index (χ1v) is 6.53. The van der Waals surface area contributed by atoms with Gasteiger partial charge in [-0.2, -0.15) is 0 Å². The van der Waals surface area contributed by atoms with Crippen LogP contribution in [0.3, 0.4) is 0 Å². The van der Waals surface area contributed by atoms with Gasteiger partial charge >= 0.3 is 0 Å². The Balaban J connectivity index is 2.16. The van der Waals surface area contributed by atoms with E-state index in [1.54, 1.807) is 6.08 Å². The van der Waals surface area contributed by atoms with E-state index in [9.17, 15) is 5.11 Å². The summed E-state index contributed by atoms with van der Waals surface area (Å²) in [6.07, 6.45) is 9.54. The van der Waals surface area contributed by atoms with Gasteiger partial charge in [-0.05, 0) is 18.1 Å². The van der Waals surface area contributed by atoms with Crippen LogP contribution < -0.4 is 0 Å². The van der Waals surface area contributed by atoms with E-state index in [0.29, 0.717) is 6.61 Å². The third-order valence-corrected chi connectivity index (χ3v) is 3.19. The fourth-order valence-corrected chi connectivity index (χ4v) is 2.14. The molecule has 1 aliphatic rings. The predicted molar refractivity (Wildman–Crippen MR) is 73.3 cm³/mol. The first-order valence-electron chi connectivity index (χ1n) is 6.53. The average molecular weight is 244 g/mol. The molecule has 0 amide bonds. The average Bonchev–Trinajstić information content (AvgIpc) is 2.40. The lowest BCUT2D eigenvalue weighted by Crippen LogP contribution is -2.38. The van der Waals surface area contributed by atoms with E-state index in [0.717, 1.165) is 18.4 Å². The number of benzene rings is 1. The second kappa shape index (κ2) is 5.98. The summed E-state index contributed by atoms with van der Waals surface area (Å²) < 4.78 is 5.70. The van der Waals surface area contributed by atoms with E-state index in [4.69, 9.17) is 4.74 Å². The number of ether oxygens (including phenoxy) is 1. The van der Waals surface area contributed by atoms with Crippen LogP contribution in [0, 0.1) is 0 Å². The maximum atomic E-state index is 10.7. The molecule has 2 atom stereocenters. The second-order valence-corrected chi connectivity index (χ2v) is 4.59. The van der Waals surface area contributed by atoms with Crippen molar-refractivity contribution in [3.63, 3.8) is 0 Å². The molecule has 1 N–H and O–H groups in total. The van der Waals surface area contributed by atoms with Gasteiger partial charge in [-0.25, -0.2) is 0 Å². The first kappa shape index (κ1) is 13.1. The quantitative estimate of drug-likeness (QED) is 0.635. The Bertz CT molecular complexity index is 422. The molecule has 96 valence electrons. The Labute approximate surface area is 109 Å². The molecule has 0 radical (unpaired) electrons. The van der Waals surface area contributed by atoms with Crippen molar-refractivity contribution >= 4 is 0 Å². The number of hydrogen-bond acceptors (Lipinski definition) is 2. The van der Waals surface area contributed by atoms with Gasteiger partial charge in [0.1, 0.15) is 0 Å². The molecule has 2 heteroatoms. The molecule has 1 aromatic rings. The summed E-state index contributed by atoms with van der Waals surface area (Å²) in [6.45, 7) is 2.69. The van der Waals surface area contributed by atoms with Gasteiger partial charge in [-0.1, -0.05) is 61.9 Å². The van der Waals surface area contributed by atoms with Crippen LogP contribution in [0.4, 0.5) is 0 Å². The fourth-order valence-electron chi connectivity index (χ4n) is 2.14. The number of hydrogen-bond donors (Lipinski definition) is 1. The van der Waals surface area contributed by atoms with E-state index in [1.165, 1.54) is 0 Å². The highest BCUT2D eigenvalue weighted by atomic mass is 16.6. The Morgan fingerprint density at radius 2 is 2.00 bits per heavy atom. The molecule has 0 saturated carbocycles. The SMILES string of the molecule is CCCCOC1(O)C=CC=CC1c1ccccc1. The van der Waals surface area contributed by atoms with Gasteiger partial charge < -0.3 is 9.84 Å². The van der Waals surface area contributed by atoms with E-state index in [1.807, 2.05) is 48.6 Å². The van der Waals surface area contributed by atoms with Gasteiger partial charge in [0.25, 0.3) is 0 Å². The molecule has 0 bridgehead atoms. The van der Waals surface area contributed by atoms with Crippen molar-refractivity contribution in [3.05, 3.63) is 60.2 Å². The monoisotopic (exact) mass is 244 g/mol. The van der Waals surface area contributed by atoms with Crippen LogP contribution in [0.5, 0.6) is 0 Å². The van der Waals surface area contributed by atoms with E-state index < -0.39 is 5.79 Å². The zero-order chi connectivity index (χ0) is 12.8. The lowest BCUT2D eigenvalue weighted by atomic mass is 9.87. The molecule has 0 aromatic heterocycles. The van der Waals surface area contributed by atoms with Gasteiger partial charge in [-0.15, -0.1) is 0 Å². The van der Waals surface area contributed by atoms with Gasteiger partial charge in [0.2, 0.25) is 0 Å². The minimum Gasteiger partial charge on any atom is -0.362 e. The minimum atomic E-state index is -1.22. The van der Waals surface area contributed by atoms with E-state index in [2.05, 4.69) is 6.92 Å². The zero-order valence-electron chi connectivity index (χ0n) is 10.8. The number of unbranched alkanes of at least 4 members (excludes halogenated alkanes) is 1. The smallest absolute Gasteiger partial charge is 0.196 e. The summed E-state index contributed by atoms with van der Waals surface area (Å²) in [4.78, 5) is 0. The van der Waals surface area contributed by atoms with Gasteiger partial charge in [0.15, 0.2) is 5.79 Å². The molecule has 0 fully saturated rings. The summed E-state index contributed by atoms with van der Waals surface area (Å²) >= 11 is 0. The summed E-state index contributed by atoms with van der Waals surface area (Å²) in [5, 5.41) is 10.7. The molecule has 1 aromatic carbocycles. The summed E-state index contributed by atoms with van der Waals surface area (Å²) in [7, 11) is 0. The van der Waals surface area contributed by atoms with Gasteiger partial charge in [-0.3, -0.25) is 0 Å². The van der Waals surface area contributed by atoms with Crippen molar-refractivity contribution in [2.45, 2.75) is 31.5 Å². The largest absolute Gasteiger partial charge is 0.362 e. The maximum Gasteiger partial charge on any atom is 0.196 e. The molecular formula is C16H20O2. The summed E-state index contributed by atoms with van der Waals surface area (Å²) in [6, 6.07) is 9.97. The first-order chi connectivity index (χ1) is 8.76. The standard InChI is InChI=1S/C16H20O2/c1-2-3-13-18-16(17)12-8-7-11-15(16)14-9-5-4-6-10-14/h4-12,15,17H,2-3,13H2,1H3. The second-order valence-electron chi connectivity index (χ2n) is 4.59. The molecule has 2 rings (SSSR count). The topological polar surface area (TPSA) is 29.5 Å². The highest BCUT2D eigenvalue weighted by molar-refractivity contribution is 5.33. The van der Waals surface area contributed by atoms with Crippen molar-refractivity contribution in [1.29, 1.82) is 0 Å². The minimum absolute atomic E-state index is 0.138. The molecule has 0 saturated heterocycles. The Morgan fingerprint density at radius 3 is 2.72 bits per heavy atom. The molecule has 0 aliphatic heterocycles. The van der Waals surface area contributed by atoms with Crippen LogP contribution in [-0.4, -0.2) is 17.5 Å². The van der Waals surface area contributed by atoms with E-state index in [-0.39, 0.29) is 5.92 Å². The summed E-state index contributed by atoms with van der Waals surface area (Å²) in [5.74, 6) is -1.36. The Hall–Kier alpha value is -1.38. The van der Waals surface area contributed by atoms with E-state index >= 15 is 0 Å². The Morgan fingerprint density at radius 1 is 1.22 bits per heavy atom. The molecule has 0 heterocycles. The van der Waals surface area contributed by atoms with Crippen molar-refractivity contribution in [2.75, 3.05) is 6.61 Å². The lowest BCUT2D eigenvalue weighted by Gasteiger charge is -2.33. The molecular weight excluding hydrogens is 224 g/mol. The summed E-state index contributed by atoms with van der Waals surface area (Å²) in [5.41, 5.74) is 1.07. The van der Waals surface area contributed by atoms with Crippen LogP contribution in [0.15, 0.2) is 54.6 Å². The van der Waals surface area contributed by atoms with Crippen molar-refractivity contribution in [2.24, 2.45) is 0 Å². The highest BCUT2D eigenvalue weighted by Gasteiger charge is 2.35. The van der Waals surface area contributed by atoms with Crippen molar-refractivity contribution in [3.8, 4) is 0 Å². The normalized spacial score (nSPS) is 26.4. The number of allylic oxidation sites excluding steroid dienone is 2. The van der Waals surface area contributed by atoms with Crippen molar-refractivity contribution in [1.82, 2.24) is 0 Å². The third-order valence-electron chi connectivity index (χ3n) is 3.19. The maximum absolute atomic E-state index is 10.7. The number of rotatable bonds is 5. The highest BCUT2D eigenvalue weighted by Crippen LogP contribution is 2.34. The fraction of sp³-hybridized carbons (Fsp3) is 0.375. The van der Waals surface area contributed by atoms with Crippen molar-refractivity contribution < 1.29 is 9.84 Å². The molecule has 1 aliphatic carbocycles. The lowest BCUT2D eigenvalue weighted by molar-refractivity contribution is -0.176. The van der Waals surface area contributed by atoms with Crippen LogP contribution >= 0.6 is 0 Å². The molecule has 0 spiro atoms. The van der Waals surface area contributed by atoms with Gasteiger partial charge in [0.05, 0.1) is 12.5 Å². The Kier molecular flexibility index (Phi) is 4.34. The number of aliphatic hydroxyl groups is 1. The van der Waals surface area contributed by atoms with Crippen LogP contribution in [0.2, 0.25) is 0 Å². The molecule has 18 heavy (non-hydrogen) atoms. The van der Waals surface area contributed by atoms with Gasteiger partial charge in [0, 0.05) is 0 Å².